The van der Waals surface area contributed by atoms with Gasteiger partial charge in [-0.05, 0) is 0 Å². The van der Waals surface area contributed by atoms with Gasteiger partial charge >= 0.3 is 148 Å². The van der Waals surface area contributed by atoms with Crippen molar-refractivity contribution in [1.29, 1.82) is 0 Å². The standard InChI is InChI=1S/C20H23O4P/c1-15(21)19-16(2)24-25(22-3,23-4,18-13-9-6-10-14-18)20(19)17-11-7-5-8-12-17/h5-14,20H,1-4H3. The van der Waals surface area contributed by atoms with Gasteiger partial charge < -0.3 is 0 Å². The zero-order valence-electron chi connectivity index (χ0n) is 14.9. The van der Waals surface area contributed by atoms with Crippen molar-refractivity contribution in [2.45, 2.75) is 19.5 Å². The average molecular weight is 358 g/mol. The van der Waals surface area contributed by atoms with Gasteiger partial charge in [0.25, 0.3) is 0 Å². The Labute approximate surface area is 148 Å². The Hall–Kier alpha value is -2.00. The second-order valence-corrected chi connectivity index (χ2v) is 9.91. The summed E-state index contributed by atoms with van der Waals surface area (Å²) < 4.78 is 18.7. The summed E-state index contributed by atoms with van der Waals surface area (Å²) in [5.41, 5.74) is 1.12. The number of benzene rings is 2. The van der Waals surface area contributed by atoms with Gasteiger partial charge in [0, 0.05) is 0 Å². The number of hydrogen-bond acceptors (Lipinski definition) is 4. The Morgan fingerprint density at radius 3 is 1.96 bits per heavy atom. The van der Waals surface area contributed by atoms with Crippen LogP contribution in [0.1, 0.15) is 25.1 Å². The topological polar surface area (TPSA) is 44.8 Å². The zero-order valence-corrected chi connectivity index (χ0v) is 15.8. The maximum absolute atomic E-state index is 12.5. The molecule has 132 valence electrons. The van der Waals surface area contributed by atoms with Crippen molar-refractivity contribution in [1.82, 2.24) is 0 Å². The van der Waals surface area contributed by atoms with E-state index >= 15 is 0 Å². The van der Waals surface area contributed by atoms with E-state index in [0.29, 0.717) is 11.3 Å². The molecule has 0 saturated carbocycles. The van der Waals surface area contributed by atoms with Crippen LogP contribution in [-0.2, 0) is 18.4 Å². The molecule has 0 N–H and O–H groups in total. The molecule has 4 nitrogen and oxygen atoms in total. The molecule has 0 radical (unpaired) electrons. The predicted octanol–water partition coefficient (Wildman–Crippen LogP) is 4.54. The molecule has 0 amide bonds. The van der Waals surface area contributed by atoms with E-state index in [1.807, 2.05) is 67.6 Å². The molecule has 1 aliphatic heterocycles. The van der Waals surface area contributed by atoms with Crippen molar-refractivity contribution in [3.63, 3.8) is 0 Å². The molecule has 2 aromatic carbocycles. The van der Waals surface area contributed by atoms with Crippen molar-refractivity contribution in [3.8, 4) is 0 Å². The van der Waals surface area contributed by atoms with Gasteiger partial charge in [-0.25, -0.2) is 0 Å². The Bertz CT molecular complexity index is 810. The van der Waals surface area contributed by atoms with Gasteiger partial charge in [-0.15, -0.1) is 0 Å². The third-order valence-electron chi connectivity index (χ3n) is 4.82. The number of hydrogen-bond donors (Lipinski definition) is 0. The van der Waals surface area contributed by atoms with Crippen molar-refractivity contribution >= 4 is 18.4 Å². The maximum atomic E-state index is 12.5. The Morgan fingerprint density at radius 2 is 1.48 bits per heavy atom. The van der Waals surface area contributed by atoms with E-state index < -0.39 is 12.9 Å². The first-order valence-corrected chi connectivity index (χ1v) is 10.2. The van der Waals surface area contributed by atoms with Gasteiger partial charge in [0.15, 0.2) is 0 Å². The SMILES string of the molecule is COP1(OC)(c2ccccc2)OC(C)=C(C(C)=O)C1c1ccccc1. The van der Waals surface area contributed by atoms with Crippen LogP contribution in [0.4, 0.5) is 0 Å². The first kappa shape index (κ1) is 17.8. The summed E-state index contributed by atoms with van der Waals surface area (Å²) in [6.45, 7) is 3.37. The molecule has 1 heterocycles. The minimum atomic E-state index is -3.86. The van der Waals surface area contributed by atoms with Crippen LogP contribution in [0.5, 0.6) is 0 Å². The van der Waals surface area contributed by atoms with Gasteiger partial charge in [0.05, 0.1) is 0 Å². The molecule has 0 spiro atoms. The quantitative estimate of drug-likeness (QED) is 0.736. The first-order chi connectivity index (χ1) is 12.0. The van der Waals surface area contributed by atoms with Crippen LogP contribution in [0.25, 0.3) is 0 Å². The number of ketones is 1. The summed E-state index contributed by atoms with van der Waals surface area (Å²) in [4.78, 5) is 12.5. The Kier molecular flexibility index (Phi) is 4.54. The number of carbonyl (C=O) groups is 1. The van der Waals surface area contributed by atoms with Gasteiger partial charge in [0.2, 0.25) is 0 Å². The number of Topliss-reactive ketones (excluding diaryl/α,β-unsaturated/α-hetero) is 1. The number of carbonyl (C=O) groups excluding carboxylic acids is 1. The second-order valence-electron chi connectivity index (χ2n) is 6.07. The van der Waals surface area contributed by atoms with Crippen LogP contribution < -0.4 is 5.30 Å². The summed E-state index contributed by atoms with van der Waals surface area (Å²) in [6.07, 6.45) is 0. The third kappa shape index (κ3) is 2.44. The molecule has 3 rings (SSSR count). The van der Waals surface area contributed by atoms with E-state index in [2.05, 4.69) is 0 Å². The Morgan fingerprint density at radius 1 is 0.960 bits per heavy atom. The molecule has 0 saturated heterocycles. The summed E-state index contributed by atoms with van der Waals surface area (Å²) >= 11 is 0. The van der Waals surface area contributed by atoms with Gasteiger partial charge in [0.1, 0.15) is 0 Å². The van der Waals surface area contributed by atoms with Gasteiger partial charge in [-0.1, -0.05) is 0 Å². The van der Waals surface area contributed by atoms with E-state index in [-0.39, 0.29) is 5.78 Å². The number of allylic oxidation sites excluding steroid dienone is 2. The molecule has 0 aromatic heterocycles. The molecular weight excluding hydrogens is 335 g/mol. The molecule has 0 aliphatic carbocycles. The van der Waals surface area contributed by atoms with Crippen LogP contribution in [0.15, 0.2) is 72.0 Å². The van der Waals surface area contributed by atoms with Crippen LogP contribution in [0.3, 0.4) is 0 Å². The van der Waals surface area contributed by atoms with E-state index in [9.17, 15) is 4.79 Å². The minimum absolute atomic E-state index is 0.0390. The molecular formula is C20H23O4P. The fourth-order valence-electron chi connectivity index (χ4n) is 3.75. The van der Waals surface area contributed by atoms with Gasteiger partial charge in [-0.3, -0.25) is 0 Å². The molecule has 25 heavy (non-hydrogen) atoms. The molecule has 1 aliphatic rings. The van der Waals surface area contributed by atoms with Crippen LogP contribution >= 0.6 is 7.28 Å². The van der Waals surface area contributed by atoms with E-state index in [0.717, 1.165) is 10.9 Å². The fraction of sp³-hybridized carbons (Fsp3) is 0.250. The summed E-state index contributed by atoms with van der Waals surface area (Å²) in [6, 6.07) is 19.5. The normalized spacial score (nSPS) is 22.7. The van der Waals surface area contributed by atoms with Gasteiger partial charge in [-0.2, -0.15) is 0 Å². The summed E-state index contributed by atoms with van der Waals surface area (Å²) in [7, 11) is -0.669. The molecule has 1 unspecified atom stereocenters. The van der Waals surface area contributed by atoms with E-state index in [1.165, 1.54) is 0 Å². The molecule has 5 heteroatoms. The van der Waals surface area contributed by atoms with Crippen LogP contribution in [0, 0.1) is 0 Å². The van der Waals surface area contributed by atoms with Crippen molar-refractivity contribution in [2.75, 3.05) is 14.2 Å². The van der Waals surface area contributed by atoms with Crippen LogP contribution in [-0.4, -0.2) is 20.0 Å². The summed E-state index contributed by atoms with van der Waals surface area (Å²) in [5.74, 6) is 0.523. The summed E-state index contributed by atoms with van der Waals surface area (Å²) in [5, 5.41) is 0.822. The second kappa shape index (κ2) is 6.38. The van der Waals surface area contributed by atoms with Crippen molar-refractivity contribution in [2.24, 2.45) is 0 Å². The zero-order chi connectivity index (χ0) is 18.1. The van der Waals surface area contributed by atoms with Crippen molar-refractivity contribution in [3.05, 3.63) is 77.6 Å². The molecule has 0 fully saturated rings. The number of rotatable bonds is 5. The Balaban J connectivity index is 2.37. The molecule has 0 bridgehead atoms. The van der Waals surface area contributed by atoms with E-state index in [4.69, 9.17) is 13.6 Å². The molecule has 2 aromatic rings. The fourth-order valence-corrected chi connectivity index (χ4v) is 8.22. The molecule has 1 atom stereocenters. The van der Waals surface area contributed by atoms with E-state index in [1.54, 1.807) is 21.1 Å². The average Bonchev–Trinajstić information content (AvgIpc) is 2.94. The monoisotopic (exact) mass is 358 g/mol. The predicted molar refractivity (Wildman–Crippen MR) is 101 cm³/mol. The van der Waals surface area contributed by atoms with Crippen molar-refractivity contribution < 1.29 is 18.4 Å². The first-order valence-electron chi connectivity index (χ1n) is 8.15. The van der Waals surface area contributed by atoms with Crippen LogP contribution in [0.2, 0.25) is 0 Å². The third-order valence-corrected chi connectivity index (χ3v) is 9.49.